The van der Waals surface area contributed by atoms with Gasteiger partial charge in [0.2, 0.25) is 5.43 Å². The van der Waals surface area contributed by atoms with Crippen LogP contribution in [-0.2, 0) is 0 Å². The largest absolute Gasteiger partial charge is 0.496 e. The summed E-state index contributed by atoms with van der Waals surface area (Å²) in [6, 6.07) is 9.13. The van der Waals surface area contributed by atoms with Gasteiger partial charge in [0.25, 0.3) is 0 Å². The van der Waals surface area contributed by atoms with Crippen LogP contribution in [0.15, 0.2) is 45.8 Å². The van der Waals surface area contributed by atoms with Crippen LogP contribution >= 0.6 is 0 Å². The summed E-state index contributed by atoms with van der Waals surface area (Å²) >= 11 is 0. The first-order valence-electron chi connectivity index (χ1n) is 8.62. The molecular weight excluding hydrogens is 332 g/mol. The van der Waals surface area contributed by atoms with Gasteiger partial charge in [0, 0.05) is 6.07 Å². The Hall–Kier alpha value is -2.95. The average molecular weight is 352 g/mol. The second kappa shape index (κ2) is 6.41. The van der Waals surface area contributed by atoms with E-state index in [0.29, 0.717) is 41.2 Å². The lowest BCUT2D eigenvalue weighted by Gasteiger charge is -2.18. The minimum absolute atomic E-state index is 0.0764. The fourth-order valence-electron chi connectivity index (χ4n) is 3.21. The Balaban J connectivity index is 1.89. The van der Waals surface area contributed by atoms with E-state index in [9.17, 15) is 4.79 Å². The maximum atomic E-state index is 13.1. The summed E-state index contributed by atoms with van der Waals surface area (Å²) in [5, 5.41) is 0.543. The first-order valence-corrected chi connectivity index (χ1v) is 8.62. The Morgan fingerprint density at radius 1 is 1.04 bits per heavy atom. The van der Waals surface area contributed by atoms with Gasteiger partial charge in [-0.2, -0.15) is 0 Å². The van der Waals surface area contributed by atoms with Gasteiger partial charge in [0.05, 0.1) is 18.1 Å². The molecule has 0 unspecified atom stereocenters. The number of ether oxygens (including phenoxy) is 3. The van der Waals surface area contributed by atoms with Gasteiger partial charge in [-0.3, -0.25) is 4.79 Å². The van der Waals surface area contributed by atoms with Crippen molar-refractivity contribution in [2.45, 2.75) is 19.8 Å². The van der Waals surface area contributed by atoms with Gasteiger partial charge < -0.3 is 18.6 Å². The number of benzene rings is 2. The van der Waals surface area contributed by atoms with Crippen molar-refractivity contribution in [3.8, 4) is 28.4 Å². The predicted molar refractivity (Wildman–Crippen MR) is 99.6 cm³/mol. The normalized spacial score (nSPS) is 13.2. The highest BCUT2D eigenvalue weighted by Gasteiger charge is 2.17. The standard InChI is InChI=1S/C21H20O5/c1-12(2)14-9-15-19(10-18(14)23-3)26-11-16(21(15)22)13-4-5-17-20(8-13)25-7-6-24-17/h4-5,8-12H,6-7H2,1-3H3. The van der Waals surface area contributed by atoms with Crippen LogP contribution in [0, 0.1) is 0 Å². The highest BCUT2D eigenvalue weighted by Crippen LogP contribution is 2.35. The van der Waals surface area contributed by atoms with E-state index in [1.54, 1.807) is 13.2 Å². The molecule has 2 aromatic carbocycles. The van der Waals surface area contributed by atoms with Gasteiger partial charge in [-0.25, -0.2) is 0 Å². The van der Waals surface area contributed by atoms with Gasteiger partial charge in [-0.1, -0.05) is 19.9 Å². The van der Waals surface area contributed by atoms with Gasteiger partial charge in [0.15, 0.2) is 11.5 Å². The molecule has 0 saturated carbocycles. The lowest BCUT2D eigenvalue weighted by Crippen LogP contribution is -2.15. The molecule has 3 aromatic rings. The maximum Gasteiger partial charge on any atom is 0.200 e. The van der Waals surface area contributed by atoms with Crippen LogP contribution in [0.1, 0.15) is 25.3 Å². The smallest absolute Gasteiger partial charge is 0.200 e. The van der Waals surface area contributed by atoms with Crippen LogP contribution in [0.2, 0.25) is 0 Å². The number of fused-ring (bicyclic) bond motifs is 2. The third kappa shape index (κ3) is 2.69. The van der Waals surface area contributed by atoms with Crippen molar-refractivity contribution in [3.63, 3.8) is 0 Å². The molecule has 0 amide bonds. The van der Waals surface area contributed by atoms with Crippen molar-refractivity contribution in [2.24, 2.45) is 0 Å². The minimum atomic E-state index is -0.0764. The molecule has 0 radical (unpaired) electrons. The van der Waals surface area contributed by atoms with Crippen molar-refractivity contribution >= 4 is 11.0 Å². The van der Waals surface area contributed by atoms with Crippen molar-refractivity contribution in [1.82, 2.24) is 0 Å². The molecule has 0 bridgehead atoms. The first kappa shape index (κ1) is 16.5. The second-order valence-electron chi connectivity index (χ2n) is 6.58. The van der Waals surface area contributed by atoms with Gasteiger partial charge in [-0.15, -0.1) is 0 Å². The van der Waals surface area contributed by atoms with Gasteiger partial charge in [0.1, 0.15) is 30.8 Å². The predicted octanol–water partition coefficient (Wildman–Crippen LogP) is 4.36. The summed E-state index contributed by atoms with van der Waals surface area (Å²) < 4.78 is 22.3. The fourth-order valence-corrected chi connectivity index (χ4v) is 3.21. The molecule has 0 fully saturated rings. The van der Waals surface area contributed by atoms with Crippen molar-refractivity contribution in [2.75, 3.05) is 20.3 Å². The Kier molecular flexibility index (Phi) is 4.07. The Bertz CT molecular complexity index is 1030. The van der Waals surface area contributed by atoms with Crippen molar-refractivity contribution in [1.29, 1.82) is 0 Å². The average Bonchev–Trinajstić information content (AvgIpc) is 2.67. The molecule has 0 N–H and O–H groups in total. The molecule has 5 nitrogen and oxygen atoms in total. The zero-order valence-electron chi connectivity index (χ0n) is 15.0. The molecule has 1 aromatic heterocycles. The fraction of sp³-hybridized carbons (Fsp3) is 0.286. The zero-order chi connectivity index (χ0) is 18.3. The Labute approximate surface area is 151 Å². The summed E-state index contributed by atoms with van der Waals surface area (Å²) in [5.41, 5.74) is 2.65. The first-order chi connectivity index (χ1) is 12.6. The third-order valence-electron chi connectivity index (χ3n) is 4.60. The quantitative estimate of drug-likeness (QED) is 0.701. The molecule has 134 valence electrons. The van der Waals surface area contributed by atoms with Crippen LogP contribution in [0.25, 0.3) is 22.1 Å². The monoisotopic (exact) mass is 352 g/mol. The van der Waals surface area contributed by atoms with Crippen LogP contribution in [0.3, 0.4) is 0 Å². The molecule has 0 atom stereocenters. The summed E-state index contributed by atoms with van der Waals surface area (Å²) in [6.45, 7) is 5.16. The highest BCUT2D eigenvalue weighted by molar-refractivity contribution is 5.84. The van der Waals surface area contributed by atoms with E-state index < -0.39 is 0 Å². The Morgan fingerprint density at radius 2 is 1.81 bits per heavy atom. The topological polar surface area (TPSA) is 57.9 Å². The molecule has 0 aliphatic carbocycles. The molecule has 1 aliphatic heterocycles. The highest BCUT2D eigenvalue weighted by atomic mass is 16.6. The SMILES string of the molecule is COc1cc2occ(-c3ccc4c(c3)OCCO4)c(=O)c2cc1C(C)C. The lowest BCUT2D eigenvalue weighted by molar-refractivity contribution is 0.171. The minimum Gasteiger partial charge on any atom is -0.496 e. The second-order valence-corrected chi connectivity index (χ2v) is 6.58. The summed E-state index contributed by atoms with van der Waals surface area (Å²) in [6.07, 6.45) is 1.49. The van der Waals surface area contributed by atoms with Crippen LogP contribution in [-0.4, -0.2) is 20.3 Å². The molecule has 0 spiro atoms. The molecule has 5 heteroatoms. The van der Waals surface area contributed by atoms with Crippen molar-refractivity contribution < 1.29 is 18.6 Å². The van der Waals surface area contributed by atoms with E-state index >= 15 is 0 Å². The zero-order valence-corrected chi connectivity index (χ0v) is 15.0. The van der Waals surface area contributed by atoms with Gasteiger partial charge in [-0.05, 0) is 35.2 Å². The molecule has 4 rings (SSSR count). The summed E-state index contributed by atoms with van der Waals surface area (Å²) in [7, 11) is 1.62. The molecule has 2 heterocycles. The number of rotatable bonds is 3. The molecule has 1 aliphatic rings. The van der Waals surface area contributed by atoms with E-state index in [2.05, 4.69) is 13.8 Å². The summed E-state index contributed by atoms with van der Waals surface area (Å²) in [5.74, 6) is 2.29. The number of hydrogen-bond donors (Lipinski definition) is 0. The van der Waals surface area contributed by atoms with Crippen molar-refractivity contribution in [3.05, 3.63) is 52.4 Å². The summed E-state index contributed by atoms with van der Waals surface area (Å²) in [4.78, 5) is 13.1. The van der Waals surface area contributed by atoms with E-state index in [4.69, 9.17) is 18.6 Å². The Morgan fingerprint density at radius 3 is 2.54 bits per heavy atom. The van der Waals surface area contributed by atoms with Crippen LogP contribution in [0.4, 0.5) is 0 Å². The van der Waals surface area contributed by atoms with E-state index in [-0.39, 0.29) is 11.3 Å². The van der Waals surface area contributed by atoms with E-state index in [1.165, 1.54) is 6.26 Å². The lowest BCUT2D eigenvalue weighted by atomic mass is 9.98. The maximum absolute atomic E-state index is 13.1. The third-order valence-corrected chi connectivity index (χ3v) is 4.60. The van der Waals surface area contributed by atoms with E-state index in [1.807, 2.05) is 24.3 Å². The number of hydrogen-bond acceptors (Lipinski definition) is 5. The number of methoxy groups -OCH3 is 1. The molecule has 0 saturated heterocycles. The van der Waals surface area contributed by atoms with E-state index in [0.717, 1.165) is 16.9 Å². The van der Waals surface area contributed by atoms with Crippen LogP contribution < -0.4 is 19.6 Å². The van der Waals surface area contributed by atoms with Gasteiger partial charge >= 0.3 is 0 Å². The van der Waals surface area contributed by atoms with Crippen LogP contribution in [0.5, 0.6) is 17.2 Å². The molecule has 26 heavy (non-hydrogen) atoms. The molecular formula is C21H20O5.